The molecular weight excluding hydrogens is 384 g/mol. The van der Waals surface area contributed by atoms with Crippen molar-refractivity contribution in [3.05, 3.63) is 50.8 Å². The molecule has 0 bridgehead atoms. The minimum absolute atomic E-state index is 0.133. The number of fused-ring (bicyclic) bond motifs is 2. The number of ether oxygens (including phenoxy) is 1. The van der Waals surface area contributed by atoms with Crippen molar-refractivity contribution < 1.29 is 14.3 Å². The van der Waals surface area contributed by atoms with Gasteiger partial charge in [0.25, 0.3) is 5.91 Å². The van der Waals surface area contributed by atoms with Crippen molar-refractivity contribution in [2.45, 2.75) is 25.7 Å². The first-order valence-corrected chi connectivity index (χ1v) is 9.03. The van der Waals surface area contributed by atoms with Gasteiger partial charge in [0, 0.05) is 21.4 Å². The number of nitrogens with one attached hydrogen (secondary N) is 2. The predicted molar refractivity (Wildman–Crippen MR) is 99.4 cm³/mol. The van der Waals surface area contributed by atoms with Crippen LogP contribution in [0.1, 0.15) is 45.7 Å². The van der Waals surface area contributed by atoms with Crippen LogP contribution >= 0.6 is 15.9 Å². The summed E-state index contributed by atoms with van der Waals surface area (Å²) < 4.78 is 5.82. The molecule has 2 aliphatic rings. The summed E-state index contributed by atoms with van der Waals surface area (Å²) in [5, 5.41) is 2.88. The highest BCUT2D eigenvalue weighted by Crippen LogP contribution is 2.37. The van der Waals surface area contributed by atoms with Crippen LogP contribution in [-0.2, 0) is 22.4 Å². The number of carbonyl (C=O) groups is 2. The molecule has 1 aromatic heterocycles. The number of benzene rings is 1. The van der Waals surface area contributed by atoms with Gasteiger partial charge in [-0.15, -0.1) is 0 Å². The topological polar surface area (TPSA) is 71.2 Å². The molecule has 4 rings (SSSR count). The Hall–Kier alpha value is -2.34. The van der Waals surface area contributed by atoms with E-state index in [0.717, 1.165) is 58.2 Å². The van der Waals surface area contributed by atoms with Crippen LogP contribution in [0.15, 0.2) is 22.7 Å². The van der Waals surface area contributed by atoms with Gasteiger partial charge in [-0.05, 0) is 61.1 Å². The predicted octanol–water partition coefficient (Wildman–Crippen LogP) is 3.94. The number of H-pyrrole nitrogens is 1. The summed E-state index contributed by atoms with van der Waals surface area (Å²) in [6, 6.07) is 5.70. The molecule has 0 atom stereocenters. The van der Waals surface area contributed by atoms with Gasteiger partial charge in [-0.2, -0.15) is 0 Å². The monoisotopic (exact) mass is 400 g/mol. The highest BCUT2D eigenvalue weighted by molar-refractivity contribution is 9.10. The Kier molecular flexibility index (Phi) is 4.00. The standard InChI is InChI=1S/C19H17BrN2O3/c1-25-19(24)17-12-5-3-2-4-11(12)16(21-17)9-14-13-8-10(20)6-7-15(13)22-18(14)23/h6-9,21H,2-5H2,1H3,(H,22,23). The number of rotatable bonds is 2. The van der Waals surface area contributed by atoms with Gasteiger partial charge < -0.3 is 15.0 Å². The van der Waals surface area contributed by atoms with E-state index >= 15 is 0 Å². The minimum Gasteiger partial charge on any atom is -0.464 e. The van der Waals surface area contributed by atoms with Gasteiger partial charge in [0.15, 0.2) is 0 Å². The van der Waals surface area contributed by atoms with Gasteiger partial charge in [0.05, 0.1) is 12.7 Å². The zero-order valence-corrected chi connectivity index (χ0v) is 15.3. The van der Waals surface area contributed by atoms with E-state index in [2.05, 4.69) is 26.2 Å². The molecule has 1 aliphatic carbocycles. The lowest BCUT2D eigenvalue weighted by Crippen LogP contribution is -2.08. The number of methoxy groups -OCH3 is 1. The Labute approximate surface area is 153 Å². The Morgan fingerprint density at radius 1 is 1.24 bits per heavy atom. The highest BCUT2D eigenvalue weighted by Gasteiger charge is 2.28. The second kappa shape index (κ2) is 6.19. The fourth-order valence-electron chi connectivity index (χ4n) is 3.61. The van der Waals surface area contributed by atoms with Crippen molar-refractivity contribution in [1.82, 2.24) is 4.98 Å². The Morgan fingerprint density at radius 2 is 2.00 bits per heavy atom. The van der Waals surface area contributed by atoms with Crippen LogP contribution in [0.5, 0.6) is 0 Å². The first-order chi connectivity index (χ1) is 12.1. The van der Waals surface area contributed by atoms with E-state index in [-0.39, 0.29) is 11.9 Å². The van der Waals surface area contributed by atoms with Crippen LogP contribution in [0.4, 0.5) is 5.69 Å². The van der Waals surface area contributed by atoms with Crippen molar-refractivity contribution in [3.63, 3.8) is 0 Å². The zero-order chi connectivity index (χ0) is 17.6. The molecule has 0 fully saturated rings. The van der Waals surface area contributed by atoms with Gasteiger partial charge in [0.1, 0.15) is 5.69 Å². The van der Waals surface area contributed by atoms with E-state index in [4.69, 9.17) is 4.74 Å². The van der Waals surface area contributed by atoms with Crippen LogP contribution in [0.25, 0.3) is 11.6 Å². The average Bonchev–Trinajstić information content (AvgIpc) is 3.13. The van der Waals surface area contributed by atoms with E-state index in [1.807, 2.05) is 24.3 Å². The molecule has 0 saturated carbocycles. The number of hydrogen-bond acceptors (Lipinski definition) is 3. The van der Waals surface area contributed by atoms with Crippen LogP contribution in [0.2, 0.25) is 0 Å². The SMILES string of the molecule is COC(=O)c1[nH]c(C=C2C(=O)Nc3ccc(Br)cc32)c2c1CCCC2. The number of carbonyl (C=O) groups excluding carboxylic acids is 2. The molecule has 5 nitrogen and oxygen atoms in total. The van der Waals surface area contributed by atoms with E-state index in [9.17, 15) is 9.59 Å². The smallest absolute Gasteiger partial charge is 0.354 e. The van der Waals surface area contributed by atoms with E-state index in [1.165, 1.54) is 7.11 Å². The first-order valence-electron chi connectivity index (χ1n) is 8.23. The van der Waals surface area contributed by atoms with Crippen molar-refractivity contribution in [2.75, 3.05) is 12.4 Å². The Balaban J connectivity index is 1.85. The maximum Gasteiger partial charge on any atom is 0.354 e. The molecule has 0 spiro atoms. The molecule has 0 saturated heterocycles. The van der Waals surface area contributed by atoms with E-state index in [0.29, 0.717) is 11.3 Å². The number of hydrogen-bond donors (Lipinski definition) is 2. The average molecular weight is 401 g/mol. The molecule has 2 aromatic rings. The summed E-state index contributed by atoms with van der Waals surface area (Å²) in [5.74, 6) is -0.492. The van der Waals surface area contributed by atoms with Gasteiger partial charge >= 0.3 is 5.97 Å². The number of anilines is 1. The quantitative estimate of drug-likeness (QED) is 0.592. The molecule has 1 aromatic carbocycles. The third-order valence-corrected chi connectivity index (χ3v) is 5.29. The molecule has 0 unspecified atom stereocenters. The summed E-state index contributed by atoms with van der Waals surface area (Å²) in [6.45, 7) is 0. The molecule has 6 heteroatoms. The van der Waals surface area contributed by atoms with Crippen LogP contribution in [0.3, 0.4) is 0 Å². The maximum absolute atomic E-state index is 12.4. The largest absolute Gasteiger partial charge is 0.464 e. The van der Waals surface area contributed by atoms with Crippen molar-refractivity contribution >= 4 is 45.1 Å². The summed E-state index contributed by atoms with van der Waals surface area (Å²) in [4.78, 5) is 27.7. The lowest BCUT2D eigenvalue weighted by Gasteiger charge is -2.12. The van der Waals surface area contributed by atoms with Crippen molar-refractivity contribution in [2.24, 2.45) is 0 Å². The normalized spacial score (nSPS) is 17.2. The fraction of sp³-hybridized carbons (Fsp3) is 0.263. The number of aromatic nitrogens is 1. The van der Waals surface area contributed by atoms with E-state index < -0.39 is 0 Å². The molecule has 2 N–H and O–H groups in total. The minimum atomic E-state index is -0.359. The zero-order valence-electron chi connectivity index (χ0n) is 13.7. The van der Waals surface area contributed by atoms with Gasteiger partial charge in [-0.3, -0.25) is 4.79 Å². The molecular formula is C19H17BrN2O3. The summed E-state index contributed by atoms with van der Waals surface area (Å²) >= 11 is 3.46. The van der Waals surface area contributed by atoms with Crippen LogP contribution in [0, 0.1) is 0 Å². The fourth-order valence-corrected chi connectivity index (χ4v) is 3.97. The third kappa shape index (κ3) is 2.70. The maximum atomic E-state index is 12.4. The van der Waals surface area contributed by atoms with Gasteiger partial charge in [-0.25, -0.2) is 4.79 Å². The lowest BCUT2D eigenvalue weighted by molar-refractivity contribution is -0.110. The third-order valence-electron chi connectivity index (χ3n) is 4.80. The molecule has 25 heavy (non-hydrogen) atoms. The number of aromatic amines is 1. The highest BCUT2D eigenvalue weighted by atomic mass is 79.9. The Morgan fingerprint density at radius 3 is 2.76 bits per heavy atom. The number of halogens is 1. The first kappa shape index (κ1) is 16.1. The van der Waals surface area contributed by atoms with Gasteiger partial charge in [-0.1, -0.05) is 15.9 Å². The summed E-state index contributed by atoms with van der Waals surface area (Å²) in [6.07, 6.45) is 5.74. The summed E-state index contributed by atoms with van der Waals surface area (Å²) in [7, 11) is 1.38. The molecule has 0 radical (unpaired) electrons. The number of amides is 1. The molecule has 128 valence electrons. The van der Waals surface area contributed by atoms with Crippen molar-refractivity contribution in [3.8, 4) is 0 Å². The van der Waals surface area contributed by atoms with Crippen LogP contribution < -0.4 is 5.32 Å². The lowest BCUT2D eigenvalue weighted by atomic mass is 9.91. The van der Waals surface area contributed by atoms with Gasteiger partial charge in [0.2, 0.25) is 0 Å². The van der Waals surface area contributed by atoms with Crippen molar-refractivity contribution in [1.29, 1.82) is 0 Å². The van der Waals surface area contributed by atoms with Crippen LogP contribution in [-0.4, -0.2) is 24.0 Å². The van der Waals surface area contributed by atoms with E-state index in [1.54, 1.807) is 0 Å². The molecule has 2 heterocycles. The second-order valence-corrected chi connectivity index (χ2v) is 7.19. The number of esters is 1. The molecule has 1 aliphatic heterocycles. The molecule has 1 amide bonds. The summed E-state index contributed by atoms with van der Waals surface area (Å²) in [5.41, 5.74) is 5.74. The Bertz CT molecular complexity index is 927. The second-order valence-electron chi connectivity index (χ2n) is 6.27.